The first-order chi connectivity index (χ1) is 26.6. The molecule has 5 aromatic heterocycles. The van der Waals surface area contributed by atoms with E-state index < -0.39 is 22.8 Å². The Labute approximate surface area is 313 Å². The Morgan fingerprint density at radius 3 is 2.04 bits per heavy atom. The van der Waals surface area contributed by atoms with Crippen LogP contribution in [0.3, 0.4) is 0 Å². The van der Waals surface area contributed by atoms with Crippen molar-refractivity contribution in [3.05, 3.63) is 159 Å². The van der Waals surface area contributed by atoms with Crippen LogP contribution < -0.4 is 20.8 Å². The van der Waals surface area contributed by atoms with E-state index in [9.17, 15) is 9.59 Å². The summed E-state index contributed by atoms with van der Waals surface area (Å²) in [5, 5.41) is 0. The molecule has 0 fully saturated rings. The zero-order chi connectivity index (χ0) is 38.6. The summed E-state index contributed by atoms with van der Waals surface area (Å²) in [6.07, 6.45) is 8.96. The maximum atomic E-state index is 15.4. The number of fused-ring (bicyclic) bond motifs is 1. The van der Waals surface area contributed by atoms with Crippen LogP contribution in [0.25, 0.3) is 39.4 Å². The van der Waals surface area contributed by atoms with Gasteiger partial charge in [-0.1, -0.05) is 30.8 Å². The number of rotatable bonds is 12. The van der Waals surface area contributed by atoms with Crippen LogP contribution in [0.15, 0.2) is 119 Å². The Bertz CT molecular complexity index is 2730. The molecule has 0 aliphatic rings. The van der Waals surface area contributed by atoms with Crippen LogP contribution in [0, 0.1) is 11.6 Å². The molecule has 7 aromatic rings. The van der Waals surface area contributed by atoms with Crippen LogP contribution >= 0.6 is 0 Å². The van der Waals surface area contributed by atoms with E-state index in [1.807, 2.05) is 18.0 Å². The van der Waals surface area contributed by atoms with Gasteiger partial charge in [0.25, 0.3) is 11.1 Å². The van der Waals surface area contributed by atoms with Crippen LogP contribution in [0.4, 0.5) is 20.3 Å². The summed E-state index contributed by atoms with van der Waals surface area (Å²) in [6, 6.07) is 18.5. The highest BCUT2D eigenvalue weighted by molar-refractivity contribution is 5.73. The number of aliphatic imine (C=N–C) groups is 1. The van der Waals surface area contributed by atoms with Crippen molar-refractivity contribution in [2.24, 2.45) is 4.99 Å². The van der Waals surface area contributed by atoms with Crippen molar-refractivity contribution >= 4 is 35.3 Å². The smallest absolute Gasteiger partial charge is 0.280 e. The molecule has 0 spiro atoms. The molecule has 0 bridgehead atoms. The second kappa shape index (κ2) is 15.4. The number of aromatic nitrogens is 7. The summed E-state index contributed by atoms with van der Waals surface area (Å²) in [4.78, 5) is 53.5. The molecule has 0 aliphatic carbocycles. The highest BCUT2D eigenvalue weighted by atomic mass is 19.1. The van der Waals surface area contributed by atoms with E-state index in [1.54, 1.807) is 67.1 Å². The lowest BCUT2D eigenvalue weighted by molar-refractivity contribution is 0.398. The molecule has 274 valence electrons. The highest BCUT2D eigenvalue weighted by Gasteiger charge is 2.15. The number of nitrogens with zero attached hydrogens (tertiary/aromatic N) is 9. The fourth-order valence-corrected chi connectivity index (χ4v) is 6.12. The second-order valence-corrected chi connectivity index (χ2v) is 12.6. The maximum Gasteiger partial charge on any atom is 0.280 e. The first-order valence-electron chi connectivity index (χ1n) is 16.9. The summed E-state index contributed by atoms with van der Waals surface area (Å²) in [7, 11) is 3.37. The van der Waals surface area contributed by atoms with E-state index in [2.05, 4.69) is 43.2 Å². The van der Waals surface area contributed by atoms with Crippen molar-refractivity contribution in [1.29, 1.82) is 0 Å². The van der Waals surface area contributed by atoms with Crippen molar-refractivity contribution in [1.82, 2.24) is 34.1 Å². The van der Waals surface area contributed by atoms with Gasteiger partial charge in [-0.05, 0) is 77.0 Å². The number of hydrogen-bond donors (Lipinski definition) is 0. The number of methoxy groups -OCH3 is 1. The molecule has 0 aliphatic heterocycles. The Balaban J connectivity index is 1.05. The third-order valence-corrected chi connectivity index (χ3v) is 9.07. The van der Waals surface area contributed by atoms with E-state index in [4.69, 9.17) is 4.74 Å². The lowest BCUT2D eigenvalue weighted by Gasteiger charge is -2.19. The molecule has 7 rings (SSSR count). The van der Waals surface area contributed by atoms with E-state index in [-0.39, 0.29) is 24.3 Å². The van der Waals surface area contributed by atoms with E-state index in [0.717, 1.165) is 16.7 Å². The molecule has 2 aromatic carbocycles. The molecule has 0 atom stereocenters. The summed E-state index contributed by atoms with van der Waals surface area (Å²) in [5.41, 5.74) is 4.23. The molecule has 12 nitrogen and oxygen atoms in total. The molecule has 5 heterocycles. The lowest BCUT2D eigenvalue weighted by Crippen LogP contribution is -2.23. The van der Waals surface area contributed by atoms with Crippen LogP contribution in [-0.4, -0.2) is 54.9 Å². The van der Waals surface area contributed by atoms with Gasteiger partial charge in [0.1, 0.15) is 17.5 Å². The van der Waals surface area contributed by atoms with Gasteiger partial charge in [-0.15, -0.1) is 0 Å². The Kier molecular flexibility index (Phi) is 10.1. The average Bonchev–Trinajstić information content (AvgIpc) is 3.20. The van der Waals surface area contributed by atoms with Gasteiger partial charge in [0.15, 0.2) is 11.2 Å². The zero-order valence-corrected chi connectivity index (χ0v) is 29.9. The lowest BCUT2D eigenvalue weighted by atomic mass is 10.0. The molecular formula is C41H33F2N9O3. The molecule has 0 saturated heterocycles. The number of hydrogen-bond acceptors (Lipinski definition) is 10. The van der Waals surface area contributed by atoms with Crippen LogP contribution in [0.1, 0.15) is 22.4 Å². The van der Waals surface area contributed by atoms with E-state index in [0.29, 0.717) is 51.7 Å². The van der Waals surface area contributed by atoms with Crippen molar-refractivity contribution in [2.75, 3.05) is 19.1 Å². The number of anilines is 1. The third kappa shape index (κ3) is 7.51. The predicted molar refractivity (Wildman–Crippen MR) is 208 cm³/mol. The minimum Gasteiger partial charge on any atom is -0.481 e. The first kappa shape index (κ1) is 36.2. The van der Waals surface area contributed by atoms with Gasteiger partial charge >= 0.3 is 0 Å². The number of pyridine rings is 3. The van der Waals surface area contributed by atoms with Crippen LogP contribution in [-0.2, 0) is 19.6 Å². The topological polar surface area (TPSA) is 133 Å². The molecule has 0 unspecified atom stereocenters. The molecule has 0 saturated carbocycles. The SMILES string of the molecule is C=Cc1ncn(Cc2ccc(-c3ccnc(N(C)Cc4cnc5c(=O)n(Cc6ccc(-c7ccnc(OC)c7)cc6F)cnc5c4)c3)cc2F)c(=O)c1N=C. The van der Waals surface area contributed by atoms with Gasteiger partial charge in [-0.2, -0.15) is 0 Å². The predicted octanol–water partition coefficient (Wildman–Crippen LogP) is 6.47. The van der Waals surface area contributed by atoms with Gasteiger partial charge in [-0.25, -0.2) is 33.7 Å². The quantitative estimate of drug-likeness (QED) is 0.130. The monoisotopic (exact) mass is 737 g/mol. The van der Waals surface area contributed by atoms with Crippen LogP contribution in [0.5, 0.6) is 5.88 Å². The van der Waals surface area contributed by atoms with Crippen molar-refractivity contribution in [3.63, 3.8) is 0 Å². The molecule has 0 amide bonds. The van der Waals surface area contributed by atoms with Crippen molar-refractivity contribution in [3.8, 4) is 28.1 Å². The van der Waals surface area contributed by atoms with E-state index in [1.165, 1.54) is 47.1 Å². The second-order valence-electron chi connectivity index (χ2n) is 12.6. The summed E-state index contributed by atoms with van der Waals surface area (Å²) < 4.78 is 38.3. The normalized spacial score (nSPS) is 11.1. The largest absolute Gasteiger partial charge is 0.481 e. The molecule has 55 heavy (non-hydrogen) atoms. The fraction of sp³-hybridized carbons (Fsp3) is 0.122. The summed E-state index contributed by atoms with van der Waals surface area (Å²) in [5.74, 6) is 0.0834. The Morgan fingerprint density at radius 2 is 1.40 bits per heavy atom. The number of halogens is 2. The fourth-order valence-electron chi connectivity index (χ4n) is 6.12. The van der Waals surface area contributed by atoms with Gasteiger partial charge in [0, 0.05) is 49.4 Å². The average molecular weight is 738 g/mol. The number of benzene rings is 2. The standard InChI is InChI=1S/C41H33F2N9O3/c1-5-34-38(44-2)40(53)51(23-48-34)21-30-8-6-26(15-32(30)42)28-10-12-45-36(17-28)50(3)20-25-14-35-39(47-19-25)41(54)52(24-49-35)22-31-9-7-27(16-33(31)43)29-11-13-46-37(18-29)55-4/h5-19,23-24H,1-2,20-22H2,3-4H3. The highest BCUT2D eigenvalue weighted by Crippen LogP contribution is 2.27. The van der Waals surface area contributed by atoms with Crippen molar-refractivity contribution in [2.45, 2.75) is 19.6 Å². The van der Waals surface area contributed by atoms with Gasteiger partial charge in [0.2, 0.25) is 5.88 Å². The molecule has 0 radical (unpaired) electrons. The van der Waals surface area contributed by atoms with E-state index >= 15 is 8.78 Å². The summed E-state index contributed by atoms with van der Waals surface area (Å²) in [6.45, 7) is 7.38. The minimum atomic E-state index is -0.490. The Hall–Kier alpha value is -7.22. The molecule has 0 N–H and O–H groups in total. The minimum absolute atomic E-state index is 0.0238. The summed E-state index contributed by atoms with van der Waals surface area (Å²) >= 11 is 0. The van der Waals surface area contributed by atoms with Gasteiger partial charge in [-0.3, -0.25) is 23.7 Å². The van der Waals surface area contributed by atoms with Gasteiger partial charge in [0.05, 0.1) is 44.1 Å². The van der Waals surface area contributed by atoms with Crippen LogP contribution in [0.2, 0.25) is 0 Å². The molecule has 14 heteroatoms. The van der Waals surface area contributed by atoms with Gasteiger partial charge < -0.3 is 9.64 Å². The third-order valence-electron chi connectivity index (χ3n) is 9.07. The first-order valence-corrected chi connectivity index (χ1v) is 16.9. The maximum absolute atomic E-state index is 15.4. The van der Waals surface area contributed by atoms with Crippen molar-refractivity contribution < 1.29 is 13.5 Å². The number of ether oxygens (including phenoxy) is 1. The Morgan fingerprint density at radius 1 is 0.782 bits per heavy atom. The molecular weight excluding hydrogens is 705 g/mol. The zero-order valence-electron chi connectivity index (χ0n) is 29.9.